The Balaban J connectivity index is 0.00000225. The average Bonchev–Trinajstić information content (AvgIpc) is 3.31. The van der Waals surface area contributed by atoms with E-state index in [0.29, 0.717) is 24.3 Å². The fraction of sp³-hybridized carbons (Fsp3) is 0.667. The monoisotopic (exact) mass is 500 g/mol. The molecule has 1 aromatic carbocycles. The summed E-state index contributed by atoms with van der Waals surface area (Å²) in [7, 11) is 1.85. The predicted molar refractivity (Wildman–Crippen MR) is 123 cm³/mol. The van der Waals surface area contributed by atoms with Crippen molar-refractivity contribution in [2.24, 2.45) is 4.99 Å². The zero-order chi connectivity index (χ0) is 18.6. The van der Waals surface area contributed by atoms with E-state index in [-0.39, 0.29) is 24.0 Å². The number of aryl methyl sites for hydroxylation is 1. The molecule has 3 heterocycles. The van der Waals surface area contributed by atoms with E-state index in [2.05, 4.69) is 51.7 Å². The van der Waals surface area contributed by atoms with E-state index in [1.807, 2.05) is 7.05 Å². The Morgan fingerprint density at radius 2 is 2.11 bits per heavy atom. The van der Waals surface area contributed by atoms with Gasteiger partial charge in [-0.05, 0) is 31.7 Å². The maximum Gasteiger partial charge on any atom is 0.191 e. The first-order valence-electron chi connectivity index (χ1n) is 10.2. The van der Waals surface area contributed by atoms with Gasteiger partial charge in [-0.15, -0.1) is 24.0 Å². The van der Waals surface area contributed by atoms with E-state index in [1.165, 1.54) is 24.0 Å². The van der Waals surface area contributed by atoms with Crippen molar-refractivity contribution in [2.45, 2.75) is 50.5 Å². The van der Waals surface area contributed by atoms with Crippen LogP contribution in [0.5, 0.6) is 0 Å². The van der Waals surface area contributed by atoms with Gasteiger partial charge in [-0.25, -0.2) is 0 Å². The van der Waals surface area contributed by atoms with Gasteiger partial charge in [0, 0.05) is 26.7 Å². The van der Waals surface area contributed by atoms with Crippen LogP contribution < -0.4 is 10.6 Å². The molecule has 3 saturated heterocycles. The Morgan fingerprint density at radius 3 is 2.75 bits per heavy atom. The van der Waals surface area contributed by atoms with Gasteiger partial charge in [0.2, 0.25) is 0 Å². The first-order valence-corrected chi connectivity index (χ1v) is 10.2. The molecular weight excluding hydrogens is 467 g/mol. The molecule has 0 aliphatic carbocycles. The molecule has 0 spiro atoms. The highest BCUT2D eigenvalue weighted by molar-refractivity contribution is 14.0. The lowest BCUT2D eigenvalue weighted by molar-refractivity contribution is 0.0169. The summed E-state index contributed by atoms with van der Waals surface area (Å²) in [6.07, 6.45) is 4.26. The number of halogens is 1. The Labute approximate surface area is 185 Å². The summed E-state index contributed by atoms with van der Waals surface area (Å²) in [6, 6.07) is 9.52. The molecule has 0 amide bonds. The topological polar surface area (TPSA) is 58.1 Å². The quantitative estimate of drug-likeness (QED) is 0.370. The number of guanidine groups is 1. The van der Waals surface area contributed by atoms with E-state index < -0.39 is 0 Å². The summed E-state index contributed by atoms with van der Waals surface area (Å²) in [5.74, 6) is 0.877. The van der Waals surface area contributed by atoms with Crippen molar-refractivity contribution >= 4 is 29.9 Å². The number of rotatable bonds is 5. The zero-order valence-electron chi connectivity index (χ0n) is 16.9. The van der Waals surface area contributed by atoms with Gasteiger partial charge in [0.1, 0.15) is 0 Å². The molecule has 0 aromatic heterocycles. The van der Waals surface area contributed by atoms with Gasteiger partial charge in [0.25, 0.3) is 0 Å². The molecule has 6 nitrogen and oxygen atoms in total. The molecule has 28 heavy (non-hydrogen) atoms. The number of hydrogen-bond acceptors (Lipinski definition) is 4. The normalized spacial score (nSPS) is 28.6. The van der Waals surface area contributed by atoms with Crippen LogP contribution in [0.4, 0.5) is 0 Å². The van der Waals surface area contributed by atoms with E-state index in [0.717, 1.165) is 45.2 Å². The van der Waals surface area contributed by atoms with Gasteiger partial charge in [-0.1, -0.05) is 29.8 Å². The molecule has 2 N–H and O–H groups in total. The van der Waals surface area contributed by atoms with Crippen LogP contribution in [0.2, 0.25) is 0 Å². The second-order valence-electron chi connectivity index (χ2n) is 7.89. The van der Waals surface area contributed by atoms with Crippen LogP contribution in [0, 0.1) is 6.92 Å². The summed E-state index contributed by atoms with van der Waals surface area (Å²) < 4.78 is 11.5. The van der Waals surface area contributed by atoms with E-state index in [4.69, 9.17) is 9.47 Å². The fourth-order valence-electron chi connectivity index (χ4n) is 4.58. The lowest BCUT2D eigenvalue weighted by atomic mass is 9.96. The molecular formula is C21H33IN4O2. The van der Waals surface area contributed by atoms with Gasteiger partial charge >= 0.3 is 0 Å². The highest BCUT2D eigenvalue weighted by Gasteiger charge is 2.41. The number of nitrogens with zero attached hydrogens (tertiary/aromatic N) is 2. The number of ether oxygens (including phenoxy) is 2. The fourth-order valence-corrected chi connectivity index (χ4v) is 4.58. The molecule has 4 rings (SSSR count). The highest BCUT2D eigenvalue weighted by Crippen LogP contribution is 2.34. The number of morpholine rings is 1. The van der Waals surface area contributed by atoms with Crippen molar-refractivity contribution in [1.82, 2.24) is 15.5 Å². The third-order valence-electron chi connectivity index (χ3n) is 6.03. The van der Waals surface area contributed by atoms with Crippen molar-refractivity contribution < 1.29 is 9.47 Å². The van der Waals surface area contributed by atoms with Gasteiger partial charge in [-0.2, -0.15) is 0 Å². The molecule has 3 fully saturated rings. The minimum atomic E-state index is 0. The van der Waals surface area contributed by atoms with Crippen molar-refractivity contribution in [3.05, 3.63) is 35.4 Å². The Hall–Kier alpha value is -0.900. The molecule has 0 radical (unpaired) electrons. The first kappa shape index (κ1) is 21.8. The molecule has 156 valence electrons. The zero-order valence-corrected chi connectivity index (χ0v) is 19.2. The van der Waals surface area contributed by atoms with Gasteiger partial charge < -0.3 is 20.1 Å². The summed E-state index contributed by atoms with van der Waals surface area (Å²) in [6.45, 7) is 6.52. The van der Waals surface area contributed by atoms with Crippen LogP contribution in [0.15, 0.2) is 29.3 Å². The number of fused-ring (bicyclic) bond motifs is 2. The Kier molecular flexibility index (Phi) is 7.96. The summed E-state index contributed by atoms with van der Waals surface area (Å²) >= 11 is 0. The first-order chi connectivity index (χ1) is 13.2. The van der Waals surface area contributed by atoms with Gasteiger partial charge in [-0.3, -0.25) is 9.89 Å². The summed E-state index contributed by atoms with van der Waals surface area (Å²) in [4.78, 5) is 6.97. The molecule has 1 aromatic rings. The standard InChI is InChI=1S/C21H32N4O2.HI/c1-15-4-3-5-16(12-15)19(25-8-10-26-11-9-25)14-23-21(22-2)24-18-13-17-6-7-20(18)27-17;/h3-5,12,17-20H,6-11,13-14H2,1-2H3,(H2,22,23,24);1H. The highest BCUT2D eigenvalue weighted by atomic mass is 127. The van der Waals surface area contributed by atoms with E-state index in [1.54, 1.807) is 0 Å². The number of hydrogen-bond donors (Lipinski definition) is 2. The maximum absolute atomic E-state index is 5.97. The summed E-state index contributed by atoms with van der Waals surface area (Å²) in [5, 5.41) is 7.16. The molecule has 3 aliphatic heterocycles. The summed E-state index contributed by atoms with van der Waals surface area (Å²) in [5.41, 5.74) is 2.65. The minimum Gasteiger partial charge on any atom is -0.379 e. The third-order valence-corrected chi connectivity index (χ3v) is 6.03. The third kappa shape index (κ3) is 5.17. The van der Waals surface area contributed by atoms with Crippen molar-refractivity contribution in [2.75, 3.05) is 39.9 Å². The molecule has 7 heteroatoms. The molecule has 0 saturated carbocycles. The lowest BCUT2D eigenvalue weighted by Crippen LogP contribution is -2.50. The second kappa shape index (κ2) is 10.2. The van der Waals surface area contributed by atoms with Crippen LogP contribution in [-0.2, 0) is 9.47 Å². The van der Waals surface area contributed by atoms with E-state index >= 15 is 0 Å². The molecule has 4 unspecified atom stereocenters. The number of nitrogens with one attached hydrogen (secondary N) is 2. The van der Waals surface area contributed by atoms with Crippen LogP contribution in [0.25, 0.3) is 0 Å². The van der Waals surface area contributed by atoms with Crippen molar-refractivity contribution in [1.29, 1.82) is 0 Å². The number of aliphatic imine (C=N–C) groups is 1. The van der Waals surface area contributed by atoms with Gasteiger partial charge in [0.15, 0.2) is 5.96 Å². The minimum absolute atomic E-state index is 0. The molecule has 4 atom stereocenters. The van der Waals surface area contributed by atoms with Crippen LogP contribution >= 0.6 is 24.0 Å². The van der Waals surface area contributed by atoms with Crippen LogP contribution in [0.3, 0.4) is 0 Å². The van der Waals surface area contributed by atoms with Gasteiger partial charge in [0.05, 0.1) is 37.5 Å². The number of benzene rings is 1. The second-order valence-corrected chi connectivity index (χ2v) is 7.89. The smallest absolute Gasteiger partial charge is 0.191 e. The molecule has 2 bridgehead atoms. The Morgan fingerprint density at radius 1 is 1.29 bits per heavy atom. The van der Waals surface area contributed by atoms with E-state index in [9.17, 15) is 0 Å². The SMILES string of the molecule is CN=C(NCC(c1cccc(C)c1)N1CCOCC1)NC1CC2CCC1O2.I. The van der Waals surface area contributed by atoms with Crippen molar-refractivity contribution in [3.63, 3.8) is 0 Å². The lowest BCUT2D eigenvalue weighted by Gasteiger charge is -2.35. The average molecular weight is 500 g/mol. The molecule has 3 aliphatic rings. The van der Waals surface area contributed by atoms with Crippen LogP contribution in [-0.4, -0.2) is 69.0 Å². The predicted octanol–water partition coefficient (Wildman–Crippen LogP) is 2.47. The van der Waals surface area contributed by atoms with Crippen LogP contribution in [0.1, 0.15) is 36.4 Å². The Bertz CT molecular complexity index is 666. The maximum atomic E-state index is 5.97. The largest absolute Gasteiger partial charge is 0.379 e. The van der Waals surface area contributed by atoms with Crippen molar-refractivity contribution in [3.8, 4) is 0 Å².